The van der Waals surface area contributed by atoms with Crippen molar-refractivity contribution in [3.05, 3.63) is 29.8 Å². The van der Waals surface area contributed by atoms with E-state index in [0.29, 0.717) is 36.2 Å². The average molecular weight is 362 g/mol. The summed E-state index contributed by atoms with van der Waals surface area (Å²) < 4.78 is 20.4. The highest BCUT2D eigenvalue weighted by atomic mass is 28.4. The Morgan fingerprint density at radius 1 is 1.20 bits per heavy atom. The van der Waals surface area contributed by atoms with Gasteiger partial charge in [-0.1, -0.05) is 39.0 Å². The van der Waals surface area contributed by atoms with Crippen LogP contribution < -0.4 is 4.74 Å². The molecule has 136 valence electrons. The van der Waals surface area contributed by atoms with Gasteiger partial charge < -0.3 is 8.84 Å². The van der Waals surface area contributed by atoms with Crippen molar-refractivity contribution in [2.75, 3.05) is 0 Å². The fourth-order valence-electron chi connectivity index (χ4n) is 3.46. The highest BCUT2D eigenvalue weighted by Crippen LogP contribution is 2.38. The van der Waals surface area contributed by atoms with Crippen LogP contribution in [0.3, 0.4) is 0 Å². The van der Waals surface area contributed by atoms with Crippen molar-refractivity contribution >= 4 is 14.4 Å². The average Bonchev–Trinajstić information content (AvgIpc) is 2.62. The minimum atomic E-state index is -2.63. The Hall–Kier alpha value is -1.67. The Morgan fingerprint density at radius 3 is 2.44 bits per heavy atom. The van der Waals surface area contributed by atoms with Crippen molar-refractivity contribution in [2.45, 2.75) is 70.0 Å². The monoisotopic (exact) mass is 361 g/mol. The molecule has 0 spiro atoms. The van der Waals surface area contributed by atoms with E-state index in [1.807, 2.05) is 6.07 Å². The van der Waals surface area contributed by atoms with Crippen molar-refractivity contribution < 1.29 is 13.6 Å². The molecule has 1 fully saturated rings. The summed E-state index contributed by atoms with van der Waals surface area (Å²) in [5, 5.41) is 8.78. The fraction of sp³-hybridized carbons (Fsp3) is 0.600. The molecule has 1 aliphatic heterocycles. The van der Waals surface area contributed by atoms with E-state index in [2.05, 4.69) is 6.92 Å². The summed E-state index contributed by atoms with van der Waals surface area (Å²) in [5.74, 6) is 0.00469. The molecule has 1 aromatic rings. The van der Waals surface area contributed by atoms with E-state index in [-0.39, 0.29) is 11.9 Å². The summed E-state index contributed by atoms with van der Waals surface area (Å²) in [7, 11) is -2.63. The number of hydrogen-bond acceptors (Lipinski definition) is 3. The predicted octanol–water partition coefficient (Wildman–Crippen LogP) is 5.76. The zero-order valence-electron chi connectivity index (χ0n) is 15.1. The zero-order chi connectivity index (χ0) is 18.1. The van der Waals surface area contributed by atoms with Gasteiger partial charge in [0.2, 0.25) is 8.41 Å². The normalized spacial score (nSPS) is 23.0. The second-order valence-electron chi connectivity index (χ2n) is 7.15. The van der Waals surface area contributed by atoms with Crippen molar-refractivity contribution in [3.8, 4) is 11.8 Å². The van der Waals surface area contributed by atoms with Crippen LogP contribution in [-0.2, 0) is 4.79 Å². The Kier molecular flexibility index (Phi) is 7.64. The number of carbonyl (C=O) groups is 1. The fourth-order valence-corrected chi connectivity index (χ4v) is 6.83. The second-order valence-corrected chi connectivity index (χ2v) is 10.9. The number of ether oxygens (including phenoxy) is 1. The highest BCUT2D eigenvalue weighted by Gasteiger charge is 2.40. The number of benzene rings is 1. The maximum Gasteiger partial charge on any atom is 0.314 e. The summed E-state index contributed by atoms with van der Waals surface area (Å²) in [5.41, 5.74) is 0.532. The van der Waals surface area contributed by atoms with Crippen molar-refractivity contribution in [2.24, 2.45) is 5.92 Å². The van der Waals surface area contributed by atoms with E-state index < -0.39 is 8.41 Å². The Balaban J connectivity index is 1.74. The SMILES string of the molecule is CCCCCCC[Si@]1(F)CC[C@@H](C(=O)Oc2ccc(C#N)cc2)CC1. The van der Waals surface area contributed by atoms with E-state index in [9.17, 15) is 8.90 Å². The lowest BCUT2D eigenvalue weighted by Crippen LogP contribution is -2.36. The van der Waals surface area contributed by atoms with Gasteiger partial charge in [-0.05, 0) is 55.2 Å². The maximum atomic E-state index is 15.0. The number of rotatable bonds is 8. The molecule has 0 radical (unpaired) electrons. The van der Waals surface area contributed by atoms with E-state index in [4.69, 9.17) is 10.00 Å². The highest BCUT2D eigenvalue weighted by molar-refractivity contribution is 6.73. The van der Waals surface area contributed by atoms with Gasteiger partial charge in [0.1, 0.15) is 5.75 Å². The van der Waals surface area contributed by atoms with Crippen LogP contribution in [0.25, 0.3) is 0 Å². The number of unbranched alkanes of at least 4 members (excludes halogenated alkanes) is 4. The van der Waals surface area contributed by atoms with Gasteiger partial charge in [0, 0.05) is 0 Å². The Bertz CT molecular complexity index is 589. The Labute approximate surface area is 151 Å². The topological polar surface area (TPSA) is 50.1 Å². The van der Waals surface area contributed by atoms with Crippen molar-refractivity contribution in [1.82, 2.24) is 0 Å². The van der Waals surface area contributed by atoms with Crippen LogP contribution in [-0.4, -0.2) is 14.4 Å². The molecule has 5 heteroatoms. The van der Waals surface area contributed by atoms with Gasteiger partial charge in [-0.15, -0.1) is 0 Å². The first-order valence-corrected chi connectivity index (χ1v) is 12.0. The molecular formula is C20H28FNO2Si. The third-order valence-electron chi connectivity index (χ3n) is 5.15. The van der Waals surface area contributed by atoms with E-state index in [0.717, 1.165) is 18.9 Å². The van der Waals surface area contributed by atoms with E-state index in [1.54, 1.807) is 24.3 Å². The van der Waals surface area contributed by atoms with Crippen molar-refractivity contribution in [3.63, 3.8) is 0 Å². The van der Waals surface area contributed by atoms with E-state index in [1.165, 1.54) is 19.3 Å². The van der Waals surface area contributed by atoms with Crippen LogP contribution in [0.2, 0.25) is 18.1 Å². The second kappa shape index (κ2) is 9.72. The largest absolute Gasteiger partial charge is 0.426 e. The third-order valence-corrected chi connectivity index (χ3v) is 8.76. The number of esters is 1. The van der Waals surface area contributed by atoms with Gasteiger partial charge in [-0.2, -0.15) is 5.26 Å². The summed E-state index contributed by atoms with van der Waals surface area (Å²) in [6, 6.07) is 10.5. The molecule has 25 heavy (non-hydrogen) atoms. The smallest absolute Gasteiger partial charge is 0.314 e. The molecule has 1 saturated heterocycles. The van der Waals surface area contributed by atoms with E-state index >= 15 is 0 Å². The number of hydrogen-bond donors (Lipinski definition) is 0. The van der Waals surface area contributed by atoms with Crippen LogP contribution in [0.5, 0.6) is 5.75 Å². The summed E-state index contributed by atoms with van der Waals surface area (Å²) in [6.45, 7) is 2.18. The number of nitriles is 1. The zero-order valence-corrected chi connectivity index (χ0v) is 16.1. The maximum absolute atomic E-state index is 15.0. The Morgan fingerprint density at radius 2 is 1.84 bits per heavy atom. The van der Waals surface area contributed by atoms with Gasteiger partial charge in [0.05, 0.1) is 17.6 Å². The van der Waals surface area contributed by atoms with Crippen LogP contribution in [0.1, 0.15) is 57.4 Å². The van der Waals surface area contributed by atoms with Crippen molar-refractivity contribution in [1.29, 1.82) is 5.26 Å². The number of carbonyl (C=O) groups excluding carboxylic acids is 1. The van der Waals surface area contributed by atoms with Gasteiger partial charge in [-0.25, -0.2) is 0 Å². The molecule has 3 nitrogen and oxygen atoms in total. The van der Waals surface area contributed by atoms with Gasteiger partial charge in [0.25, 0.3) is 0 Å². The number of nitrogens with zero attached hydrogens (tertiary/aromatic N) is 1. The molecule has 0 bridgehead atoms. The first-order valence-electron chi connectivity index (χ1n) is 9.47. The first kappa shape index (κ1) is 19.6. The summed E-state index contributed by atoms with van der Waals surface area (Å²) in [6.07, 6.45) is 7.03. The van der Waals surface area contributed by atoms with Gasteiger partial charge >= 0.3 is 5.97 Å². The van der Waals surface area contributed by atoms with Crippen LogP contribution in [0, 0.1) is 17.2 Å². The van der Waals surface area contributed by atoms with Gasteiger partial charge in [0.15, 0.2) is 0 Å². The predicted molar refractivity (Wildman–Crippen MR) is 99.6 cm³/mol. The lowest BCUT2D eigenvalue weighted by Gasteiger charge is -2.30. The molecule has 0 aliphatic carbocycles. The molecule has 0 unspecified atom stereocenters. The first-order chi connectivity index (χ1) is 12.1. The molecule has 1 aliphatic rings. The lowest BCUT2D eigenvalue weighted by atomic mass is 10.0. The van der Waals surface area contributed by atoms with Crippen LogP contribution in [0.4, 0.5) is 4.11 Å². The molecule has 0 saturated carbocycles. The van der Waals surface area contributed by atoms with Gasteiger partial charge in [-0.3, -0.25) is 4.79 Å². The quantitative estimate of drug-likeness (QED) is 0.194. The molecule has 1 heterocycles. The molecule has 1 aromatic carbocycles. The molecule has 0 N–H and O–H groups in total. The number of halogens is 1. The minimum Gasteiger partial charge on any atom is -0.426 e. The standard InChI is InChI=1S/C20H28FNO2Si/c1-2-3-4-5-6-13-25(21)14-11-18(12-15-25)20(23)24-19-9-7-17(16-22)8-10-19/h7-10,18H,2-6,11-15H2,1H3/t18-,25+. The third kappa shape index (κ3) is 6.28. The molecule has 0 atom stereocenters. The molecule has 0 amide bonds. The summed E-state index contributed by atoms with van der Waals surface area (Å²) in [4.78, 5) is 12.3. The molecular weight excluding hydrogens is 333 g/mol. The summed E-state index contributed by atoms with van der Waals surface area (Å²) >= 11 is 0. The lowest BCUT2D eigenvalue weighted by molar-refractivity contribution is -0.139. The van der Waals surface area contributed by atoms with Crippen LogP contribution >= 0.6 is 0 Å². The molecule has 2 rings (SSSR count). The van der Waals surface area contributed by atoms with Crippen LogP contribution in [0.15, 0.2) is 24.3 Å². The molecule has 0 aromatic heterocycles. The minimum absolute atomic E-state index is 0.188.